The van der Waals surface area contributed by atoms with Crippen LogP contribution in [0, 0.1) is 12.7 Å². The van der Waals surface area contributed by atoms with Gasteiger partial charge in [-0.25, -0.2) is 14.2 Å². The number of carbonyl (C=O) groups excluding carboxylic acids is 2. The first kappa shape index (κ1) is 24.9. The minimum atomic E-state index is -0.860. The van der Waals surface area contributed by atoms with Crippen molar-refractivity contribution in [3.05, 3.63) is 87.9 Å². The van der Waals surface area contributed by atoms with Gasteiger partial charge in [0.1, 0.15) is 27.7 Å². The molecule has 0 unspecified atom stereocenters. The predicted octanol–water partition coefficient (Wildman–Crippen LogP) is 6.56. The second-order valence-electron chi connectivity index (χ2n) is 10.1. The Morgan fingerprint density at radius 1 is 1.08 bits per heavy atom. The number of esters is 1. The van der Waals surface area contributed by atoms with Gasteiger partial charge in [-0.2, -0.15) is 0 Å². The third kappa shape index (κ3) is 4.10. The van der Waals surface area contributed by atoms with Crippen LogP contribution in [0.5, 0.6) is 11.5 Å². The second kappa shape index (κ2) is 9.13. The number of rotatable bonds is 5. The zero-order valence-corrected chi connectivity index (χ0v) is 22.7. The molecule has 0 fully saturated rings. The average Bonchev–Trinajstić information content (AvgIpc) is 3.58. The van der Waals surface area contributed by atoms with Crippen molar-refractivity contribution in [3.8, 4) is 22.6 Å². The van der Waals surface area contributed by atoms with Gasteiger partial charge in [-0.3, -0.25) is 9.80 Å². The number of nitrogens with zero attached hydrogens (tertiary/aromatic N) is 2. The predicted molar refractivity (Wildman–Crippen MR) is 150 cm³/mol. The molecule has 7 nitrogen and oxygen atoms in total. The quantitative estimate of drug-likeness (QED) is 0.227. The SMILES string of the molecule is COc1cc(OC(=O)c2cccs2)ccc1-c1ccc2c3c1CN(c1cc(F)ccc1C)N3C(=O)C(C)(C)N2. The van der Waals surface area contributed by atoms with Crippen LogP contribution in [0.15, 0.2) is 66.0 Å². The van der Waals surface area contributed by atoms with Gasteiger partial charge in [0.25, 0.3) is 5.91 Å². The van der Waals surface area contributed by atoms with Crippen LogP contribution in [0.2, 0.25) is 0 Å². The number of halogens is 1. The molecule has 0 saturated carbocycles. The number of benzene rings is 3. The van der Waals surface area contributed by atoms with Gasteiger partial charge in [0.15, 0.2) is 0 Å². The number of carbonyl (C=O) groups is 2. The summed E-state index contributed by atoms with van der Waals surface area (Å²) in [5, 5.41) is 8.69. The number of amides is 1. The number of thiophene rings is 1. The minimum Gasteiger partial charge on any atom is -0.496 e. The highest BCUT2D eigenvalue weighted by molar-refractivity contribution is 7.12. The van der Waals surface area contributed by atoms with Crippen molar-refractivity contribution in [3.63, 3.8) is 0 Å². The molecule has 1 N–H and O–H groups in total. The van der Waals surface area contributed by atoms with E-state index in [-0.39, 0.29) is 11.7 Å². The van der Waals surface area contributed by atoms with Crippen molar-refractivity contribution in [2.24, 2.45) is 0 Å². The average molecular weight is 544 g/mol. The largest absolute Gasteiger partial charge is 0.496 e. The van der Waals surface area contributed by atoms with E-state index in [0.29, 0.717) is 28.6 Å². The number of hydrogen-bond donors (Lipinski definition) is 1. The highest BCUT2D eigenvalue weighted by Crippen LogP contribution is 2.50. The number of methoxy groups -OCH3 is 1. The Labute approximate surface area is 229 Å². The molecule has 0 saturated heterocycles. The molecule has 3 aromatic carbocycles. The topological polar surface area (TPSA) is 71.1 Å². The highest BCUT2D eigenvalue weighted by Gasteiger charge is 2.47. The summed E-state index contributed by atoms with van der Waals surface area (Å²) in [6.45, 7) is 5.92. The van der Waals surface area contributed by atoms with E-state index in [4.69, 9.17) is 9.47 Å². The summed E-state index contributed by atoms with van der Waals surface area (Å²) in [6.07, 6.45) is 0. The van der Waals surface area contributed by atoms with Gasteiger partial charge in [-0.05, 0) is 73.7 Å². The third-order valence-corrected chi connectivity index (χ3v) is 7.91. The van der Waals surface area contributed by atoms with Gasteiger partial charge < -0.3 is 14.8 Å². The Hall–Kier alpha value is -4.37. The molecule has 3 heterocycles. The normalized spacial score (nSPS) is 15.2. The van der Waals surface area contributed by atoms with E-state index in [0.717, 1.165) is 33.6 Å². The molecule has 2 aliphatic heterocycles. The van der Waals surface area contributed by atoms with E-state index in [2.05, 4.69) is 5.32 Å². The zero-order valence-electron chi connectivity index (χ0n) is 21.9. The third-order valence-electron chi connectivity index (χ3n) is 7.06. The maximum absolute atomic E-state index is 14.4. The standard InChI is InChI=1S/C30H26FN3O4S/c1-17-7-8-18(31)14-24(17)33-16-22-20(11-12-23-27(22)34(33)29(36)30(2,3)32-23)21-10-9-19(15-25(21)37-4)38-28(35)26-6-5-13-39-26/h5-15,32H,16H2,1-4H3. The lowest BCUT2D eigenvalue weighted by atomic mass is 9.93. The fourth-order valence-electron chi connectivity index (χ4n) is 5.16. The Balaban J connectivity index is 1.45. The first-order chi connectivity index (χ1) is 18.7. The van der Waals surface area contributed by atoms with Crippen molar-refractivity contribution < 1.29 is 23.5 Å². The lowest BCUT2D eigenvalue weighted by Crippen LogP contribution is -2.57. The fraction of sp³-hybridized carbons (Fsp3) is 0.200. The number of hydrazine groups is 1. The molecule has 1 amide bonds. The first-order valence-electron chi connectivity index (χ1n) is 12.4. The molecule has 9 heteroatoms. The number of hydrogen-bond acceptors (Lipinski definition) is 7. The van der Waals surface area contributed by atoms with E-state index >= 15 is 0 Å². The Morgan fingerprint density at radius 3 is 2.62 bits per heavy atom. The van der Waals surface area contributed by atoms with Crippen LogP contribution in [-0.2, 0) is 11.3 Å². The van der Waals surface area contributed by atoms with Crippen LogP contribution in [-0.4, -0.2) is 24.5 Å². The second-order valence-corrected chi connectivity index (χ2v) is 11.0. The maximum Gasteiger partial charge on any atom is 0.353 e. The maximum atomic E-state index is 14.4. The number of ether oxygens (including phenoxy) is 2. The van der Waals surface area contributed by atoms with E-state index in [1.807, 2.05) is 49.4 Å². The molecule has 6 rings (SSSR count). The smallest absolute Gasteiger partial charge is 0.353 e. The molecule has 198 valence electrons. The molecular formula is C30H26FN3O4S. The van der Waals surface area contributed by atoms with E-state index in [1.54, 1.807) is 42.5 Å². The molecule has 0 aliphatic carbocycles. The summed E-state index contributed by atoms with van der Waals surface area (Å²) < 4.78 is 25.7. The van der Waals surface area contributed by atoms with E-state index in [9.17, 15) is 14.0 Å². The van der Waals surface area contributed by atoms with Gasteiger partial charge in [0.2, 0.25) is 0 Å². The summed E-state index contributed by atoms with van der Waals surface area (Å²) in [5.41, 5.74) is 4.70. The highest BCUT2D eigenvalue weighted by atomic mass is 32.1. The fourth-order valence-corrected chi connectivity index (χ4v) is 5.76. The summed E-state index contributed by atoms with van der Waals surface area (Å²) in [4.78, 5) is 26.7. The van der Waals surface area contributed by atoms with Crippen molar-refractivity contribution in [2.45, 2.75) is 32.9 Å². The van der Waals surface area contributed by atoms with Crippen LogP contribution < -0.4 is 24.8 Å². The lowest BCUT2D eigenvalue weighted by molar-refractivity contribution is -0.122. The Morgan fingerprint density at radius 2 is 1.87 bits per heavy atom. The van der Waals surface area contributed by atoms with E-state index in [1.165, 1.54) is 23.5 Å². The lowest BCUT2D eigenvalue weighted by Gasteiger charge is -2.41. The molecule has 39 heavy (non-hydrogen) atoms. The number of nitrogens with one attached hydrogen (secondary N) is 1. The summed E-state index contributed by atoms with van der Waals surface area (Å²) in [5.74, 6) is -0.0673. The molecule has 1 aromatic heterocycles. The molecule has 2 aliphatic rings. The van der Waals surface area contributed by atoms with E-state index < -0.39 is 11.5 Å². The molecule has 0 atom stereocenters. The van der Waals surface area contributed by atoms with Crippen molar-refractivity contribution in [1.82, 2.24) is 0 Å². The zero-order chi connectivity index (χ0) is 27.5. The summed E-state index contributed by atoms with van der Waals surface area (Å²) >= 11 is 1.31. The van der Waals surface area contributed by atoms with Crippen LogP contribution in [0.4, 0.5) is 21.5 Å². The summed E-state index contributed by atoms with van der Waals surface area (Å²) in [7, 11) is 1.56. The first-order valence-corrected chi connectivity index (χ1v) is 13.3. The van der Waals surface area contributed by atoms with Crippen molar-refractivity contribution >= 4 is 40.3 Å². The monoisotopic (exact) mass is 543 g/mol. The molecular weight excluding hydrogens is 517 g/mol. The van der Waals surface area contributed by atoms with Crippen LogP contribution >= 0.6 is 11.3 Å². The number of anilines is 3. The van der Waals surface area contributed by atoms with Crippen LogP contribution in [0.25, 0.3) is 11.1 Å². The molecule has 0 spiro atoms. The Bertz CT molecular complexity index is 1630. The van der Waals surface area contributed by atoms with Crippen LogP contribution in [0.1, 0.15) is 34.6 Å². The minimum absolute atomic E-state index is 0.141. The summed E-state index contributed by atoms with van der Waals surface area (Å²) in [6, 6.07) is 17.3. The van der Waals surface area contributed by atoms with Crippen molar-refractivity contribution in [2.75, 3.05) is 22.4 Å². The Kier molecular flexibility index (Phi) is 5.84. The van der Waals surface area contributed by atoms with Gasteiger partial charge in [-0.1, -0.05) is 18.2 Å². The van der Waals surface area contributed by atoms with Gasteiger partial charge in [-0.15, -0.1) is 11.3 Å². The van der Waals surface area contributed by atoms with Gasteiger partial charge >= 0.3 is 5.97 Å². The molecule has 0 radical (unpaired) electrons. The van der Waals surface area contributed by atoms with Crippen molar-refractivity contribution in [1.29, 1.82) is 0 Å². The molecule has 4 aromatic rings. The number of aryl methyl sites for hydroxylation is 1. The van der Waals surface area contributed by atoms with Gasteiger partial charge in [0, 0.05) is 17.2 Å². The molecule has 0 bridgehead atoms. The van der Waals surface area contributed by atoms with Crippen LogP contribution in [0.3, 0.4) is 0 Å². The van der Waals surface area contributed by atoms with Gasteiger partial charge in [0.05, 0.1) is 30.7 Å².